The summed E-state index contributed by atoms with van der Waals surface area (Å²) in [4.78, 5) is 39.8. The Balaban J connectivity index is 1.31. The molecule has 10 heteroatoms. The summed E-state index contributed by atoms with van der Waals surface area (Å²) in [6.07, 6.45) is 6.59. The number of aromatic nitrogens is 1. The number of nitrogens with zero attached hydrogens (tertiary/aromatic N) is 3. The fraction of sp³-hybridized carbons (Fsp3) is 0.458. The molecular formula is C24H30N4O5S. The molecule has 2 saturated heterocycles. The van der Waals surface area contributed by atoms with Gasteiger partial charge in [-0.1, -0.05) is 0 Å². The van der Waals surface area contributed by atoms with Crippen LogP contribution in [0.15, 0.2) is 36.5 Å². The van der Waals surface area contributed by atoms with Crippen molar-refractivity contribution < 1.29 is 24.3 Å². The summed E-state index contributed by atoms with van der Waals surface area (Å²) in [5, 5.41) is 9.86. The molecule has 0 aliphatic carbocycles. The topological polar surface area (TPSA) is 104 Å². The molecule has 4 rings (SSSR count). The van der Waals surface area contributed by atoms with Gasteiger partial charge in [0, 0.05) is 54.7 Å². The molecule has 2 aromatic heterocycles. The molecule has 0 radical (unpaired) electrons. The zero-order valence-electron chi connectivity index (χ0n) is 19.2. The Morgan fingerprint density at radius 2 is 2.21 bits per heavy atom. The number of hydrogen-bond donors (Lipinski definition) is 2. The summed E-state index contributed by atoms with van der Waals surface area (Å²) < 4.78 is 5.40. The zero-order chi connectivity index (χ0) is 23.9. The maximum absolute atomic E-state index is 12.0. The SMILES string of the molecule is Cc1ccc(CN2CC[C@@H](N(C(=O)O)c3ccc(/C=C/C(=O)NOC4CCCCO4)cn3)C2)s1. The fourth-order valence-corrected chi connectivity index (χ4v) is 5.10. The van der Waals surface area contributed by atoms with Crippen molar-refractivity contribution in [2.24, 2.45) is 0 Å². The Bertz CT molecular complexity index is 1000. The quantitative estimate of drug-likeness (QED) is 0.432. The molecule has 2 fully saturated rings. The number of aryl methyl sites for hydroxylation is 1. The number of pyridine rings is 1. The van der Waals surface area contributed by atoms with Crippen LogP contribution in [-0.2, 0) is 20.9 Å². The summed E-state index contributed by atoms with van der Waals surface area (Å²) in [6.45, 7) is 5.06. The van der Waals surface area contributed by atoms with E-state index in [-0.39, 0.29) is 6.04 Å². The van der Waals surface area contributed by atoms with Crippen LogP contribution in [0.5, 0.6) is 0 Å². The maximum Gasteiger partial charge on any atom is 0.413 e. The summed E-state index contributed by atoms with van der Waals surface area (Å²) in [6, 6.07) is 7.50. The normalized spacial score (nSPS) is 21.1. The molecule has 0 spiro atoms. The smallest absolute Gasteiger partial charge is 0.413 e. The predicted octanol–water partition coefficient (Wildman–Crippen LogP) is 3.80. The molecule has 2 N–H and O–H groups in total. The van der Waals surface area contributed by atoms with Crippen molar-refractivity contribution in [3.05, 3.63) is 51.9 Å². The highest BCUT2D eigenvalue weighted by Gasteiger charge is 2.32. The fourth-order valence-electron chi connectivity index (χ4n) is 4.17. The number of carboxylic acid groups (broad SMARTS) is 1. The van der Waals surface area contributed by atoms with Gasteiger partial charge >= 0.3 is 6.09 Å². The number of rotatable bonds is 8. The van der Waals surface area contributed by atoms with E-state index in [9.17, 15) is 14.7 Å². The van der Waals surface area contributed by atoms with Gasteiger partial charge in [-0.3, -0.25) is 14.6 Å². The van der Waals surface area contributed by atoms with Crippen LogP contribution in [0.3, 0.4) is 0 Å². The Kier molecular flexibility index (Phi) is 8.28. The Morgan fingerprint density at radius 3 is 2.88 bits per heavy atom. The van der Waals surface area contributed by atoms with Crippen LogP contribution in [0, 0.1) is 6.92 Å². The Hall–Kier alpha value is -2.79. The third kappa shape index (κ3) is 6.63. The largest absolute Gasteiger partial charge is 0.465 e. The molecule has 2 aliphatic rings. The highest BCUT2D eigenvalue weighted by molar-refractivity contribution is 7.11. The molecule has 0 bridgehead atoms. The van der Waals surface area contributed by atoms with Crippen LogP contribution in [0.25, 0.3) is 6.08 Å². The van der Waals surface area contributed by atoms with Gasteiger partial charge < -0.3 is 9.84 Å². The predicted molar refractivity (Wildman–Crippen MR) is 129 cm³/mol. The van der Waals surface area contributed by atoms with E-state index in [0.29, 0.717) is 24.5 Å². The molecule has 0 aromatic carbocycles. The number of ether oxygens (including phenoxy) is 1. The number of anilines is 1. The number of likely N-dealkylation sites (tertiary alicyclic amines) is 1. The Morgan fingerprint density at radius 1 is 1.32 bits per heavy atom. The van der Waals surface area contributed by atoms with Crippen LogP contribution < -0.4 is 10.4 Å². The Labute approximate surface area is 202 Å². The lowest BCUT2D eigenvalue weighted by molar-refractivity contribution is -0.198. The van der Waals surface area contributed by atoms with Gasteiger partial charge in [0.2, 0.25) is 0 Å². The second kappa shape index (κ2) is 11.6. The van der Waals surface area contributed by atoms with Gasteiger partial charge in [0.05, 0.1) is 6.04 Å². The van der Waals surface area contributed by atoms with Gasteiger partial charge in [-0.15, -0.1) is 11.3 Å². The molecule has 2 aromatic rings. The van der Waals surface area contributed by atoms with Crippen LogP contribution in [0.2, 0.25) is 0 Å². The molecule has 34 heavy (non-hydrogen) atoms. The van der Waals surface area contributed by atoms with Gasteiger partial charge in [0.25, 0.3) is 5.91 Å². The van der Waals surface area contributed by atoms with Crippen LogP contribution in [-0.4, -0.2) is 59.0 Å². The van der Waals surface area contributed by atoms with Crippen molar-refractivity contribution in [2.45, 2.75) is 51.5 Å². The van der Waals surface area contributed by atoms with Crippen LogP contribution in [0.4, 0.5) is 10.6 Å². The number of hydrogen-bond acceptors (Lipinski definition) is 7. The third-order valence-electron chi connectivity index (χ3n) is 5.87. The molecule has 0 saturated carbocycles. The van der Waals surface area contributed by atoms with Gasteiger partial charge in [0.15, 0.2) is 6.29 Å². The van der Waals surface area contributed by atoms with E-state index in [1.54, 1.807) is 35.7 Å². The lowest BCUT2D eigenvalue weighted by atomic mass is 10.2. The number of thiophene rings is 1. The summed E-state index contributed by atoms with van der Waals surface area (Å²) in [5.74, 6) is -0.0249. The number of carbonyl (C=O) groups excluding carboxylic acids is 1. The first-order valence-electron chi connectivity index (χ1n) is 11.5. The molecular weight excluding hydrogens is 456 g/mol. The second-order valence-corrected chi connectivity index (χ2v) is 9.88. The molecule has 4 heterocycles. The van der Waals surface area contributed by atoms with Crippen molar-refractivity contribution in [3.63, 3.8) is 0 Å². The highest BCUT2D eigenvalue weighted by atomic mass is 32.1. The van der Waals surface area contributed by atoms with Gasteiger partial charge in [-0.2, -0.15) is 0 Å². The average Bonchev–Trinajstić information content (AvgIpc) is 3.46. The first-order chi connectivity index (χ1) is 16.5. The van der Waals surface area contributed by atoms with E-state index >= 15 is 0 Å². The number of carbonyl (C=O) groups is 2. The number of amides is 2. The highest BCUT2D eigenvalue weighted by Crippen LogP contribution is 2.25. The average molecular weight is 487 g/mol. The van der Waals surface area contributed by atoms with E-state index in [0.717, 1.165) is 38.8 Å². The van der Waals surface area contributed by atoms with Crippen molar-refractivity contribution in [1.82, 2.24) is 15.4 Å². The van der Waals surface area contributed by atoms with Crippen molar-refractivity contribution in [2.75, 3.05) is 24.6 Å². The summed E-state index contributed by atoms with van der Waals surface area (Å²) in [5.41, 5.74) is 3.05. The van der Waals surface area contributed by atoms with E-state index in [1.807, 2.05) is 0 Å². The van der Waals surface area contributed by atoms with E-state index < -0.39 is 18.3 Å². The minimum Gasteiger partial charge on any atom is -0.465 e. The van der Waals surface area contributed by atoms with E-state index in [1.165, 1.54) is 20.7 Å². The van der Waals surface area contributed by atoms with Crippen LogP contribution in [0.1, 0.15) is 41.0 Å². The molecule has 2 amide bonds. The minimum atomic E-state index is -1.02. The van der Waals surface area contributed by atoms with Gasteiger partial charge in [-0.25, -0.2) is 20.1 Å². The third-order valence-corrected chi connectivity index (χ3v) is 6.85. The first kappa shape index (κ1) is 24.3. The molecule has 2 aliphatic heterocycles. The summed E-state index contributed by atoms with van der Waals surface area (Å²) >= 11 is 1.77. The number of hydroxylamine groups is 1. The van der Waals surface area contributed by atoms with E-state index in [2.05, 4.69) is 34.4 Å². The molecule has 182 valence electrons. The molecule has 2 atom stereocenters. The van der Waals surface area contributed by atoms with E-state index in [4.69, 9.17) is 9.57 Å². The van der Waals surface area contributed by atoms with Gasteiger partial charge in [0.1, 0.15) is 5.82 Å². The zero-order valence-corrected chi connectivity index (χ0v) is 20.0. The van der Waals surface area contributed by atoms with Gasteiger partial charge in [-0.05, 0) is 62.1 Å². The lowest BCUT2D eigenvalue weighted by Gasteiger charge is -2.25. The first-order valence-corrected chi connectivity index (χ1v) is 12.3. The minimum absolute atomic E-state index is 0.155. The maximum atomic E-state index is 12.0. The lowest BCUT2D eigenvalue weighted by Crippen LogP contribution is -2.41. The molecule has 1 unspecified atom stereocenters. The summed E-state index contributed by atoms with van der Waals surface area (Å²) in [7, 11) is 0. The van der Waals surface area contributed by atoms with Crippen LogP contribution >= 0.6 is 11.3 Å². The molecule has 9 nitrogen and oxygen atoms in total. The van der Waals surface area contributed by atoms with Crippen molar-refractivity contribution in [3.8, 4) is 0 Å². The monoisotopic (exact) mass is 486 g/mol. The standard InChI is InChI=1S/C24H30N4O5S/c1-17-5-8-20(34-17)16-27-12-11-19(15-27)28(24(30)31)21-9-6-18(14-25-21)7-10-22(29)26-33-23-4-2-3-13-32-23/h5-10,14,19,23H,2-4,11-13,15-16H2,1H3,(H,26,29)(H,30,31)/b10-7+/t19-,23?/m1/s1. The second-order valence-electron chi connectivity index (χ2n) is 8.51. The van der Waals surface area contributed by atoms with Crippen molar-refractivity contribution >= 4 is 35.2 Å². The van der Waals surface area contributed by atoms with Crippen molar-refractivity contribution in [1.29, 1.82) is 0 Å². The number of nitrogens with one attached hydrogen (secondary N) is 1.